The van der Waals surface area contributed by atoms with Gasteiger partial charge < -0.3 is 5.32 Å². The van der Waals surface area contributed by atoms with Crippen molar-refractivity contribution in [1.82, 2.24) is 0 Å². The predicted octanol–water partition coefficient (Wildman–Crippen LogP) is 7.22. The summed E-state index contributed by atoms with van der Waals surface area (Å²) in [6, 6.07) is 6.18. The van der Waals surface area contributed by atoms with Gasteiger partial charge in [-0.1, -0.05) is 45.9 Å². The van der Waals surface area contributed by atoms with E-state index in [4.69, 9.17) is 0 Å². The van der Waals surface area contributed by atoms with E-state index in [9.17, 15) is 31.1 Å². The lowest BCUT2D eigenvalue weighted by molar-refractivity contribution is -0.143. The summed E-state index contributed by atoms with van der Waals surface area (Å²) in [5, 5.41) is 2.54. The van der Waals surface area contributed by atoms with E-state index in [0.717, 1.165) is 11.1 Å². The molecular formula is C21H21F6NO. The first-order chi connectivity index (χ1) is 13.2. The van der Waals surface area contributed by atoms with Crippen LogP contribution in [0.3, 0.4) is 0 Å². The van der Waals surface area contributed by atoms with Crippen LogP contribution >= 0.6 is 0 Å². The molecule has 0 aliphatic heterocycles. The van der Waals surface area contributed by atoms with Gasteiger partial charge in [-0.25, -0.2) is 0 Å². The van der Waals surface area contributed by atoms with Crippen molar-refractivity contribution in [2.75, 3.05) is 5.32 Å². The molecule has 2 rings (SSSR count). The molecule has 0 saturated carbocycles. The summed E-state index contributed by atoms with van der Waals surface area (Å²) in [4.78, 5) is 12.7. The van der Waals surface area contributed by atoms with E-state index < -0.39 is 35.0 Å². The Balaban J connectivity index is 2.57. The minimum absolute atomic E-state index is 0.00160. The molecule has 0 heterocycles. The van der Waals surface area contributed by atoms with Gasteiger partial charge in [-0.3, -0.25) is 4.79 Å². The third kappa shape index (κ3) is 5.31. The molecule has 0 spiro atoms. The van der Waals surface area contributed by atoms with Gasteiger partial charge in [0.1, 0.15) is 0 Å². The molecule has 0 atom stereocenters. The summed E-state index contributed by atoms with van der Waals surface area (Å²) in [5.74, 6) is -1.07. The summed E-state index contributed by atoms with van der Waals surface area (Å²) in [6.07, 6.45) is -10.0. The highest BCUT2D eigenvalue weighted by Gasteiger charge is 2.37. The number of hydrogen-bond acceptors (Lipinski definition) is 1. The number of alkyl halides is 6. The van der Waals surface area contributed by atoms with Crippen molar-refractivity contribution in [3.05, 3.63) is 64.2 Å². The van der Waals surface area contributed by atoms with E-state index in [2.05, 4.69) is 5.32 Å². The van der Waals surface area contributed by atoms with Crippen molar-refractivity contribution in [3.8, 4) is 0 Å². The summed E-state index contributed by atoms with van der Waals surface area (Å²) < 4.78 is 78.4. The van der Waals surface area contributed by atoms with Crippen molar-refractivity contribution in [2.24, 2.45) is 0 Å². The van der Waals surface area contributed by atoms with E-state index in [1.54, 1.807) is 18.2 Å². The molecular weight excluding hydrogens is 396 g/mol. The quantitative estimate of drug-likeness (QED) is 0.523. The first-order valence-electron chi connectivity index (χ1n) is 8.95. The van der Waals surface area contributed by atoms with E-state index in [-0.39, 0.29) is 17.9 Å². The maximum atomic E-state index is 13.1. The molecule has 0 saturated heterocycles. The zero-order valence-corrected chi connectivity index (χ0v) is 16.3. The van der Waals surface area contributed by atoms with Crippen LogP contribution in [0.5, 0.6) is 0 Å². The fourth-order valence-electron chi connectivity index (χ4n) is 2.97. The Morgan fingerprint density at radius 1 is 0.793 bits per heavy atom. The van der Waals surface area contributed by atoms with Gasteiger partial charge in [0, 0.05) is 11.3 Å². The van der Waals surface area contributed by atoms with Gasteiger partial charge in [-0.2, -0.15) is 26.3 Å². The van der Waals surface area contributed by atoms with Gasteiger partial charge >= 0.3 is 12.4 Å². The normalized spacial score (nSPS) is 12.6. The number of halogens is 6. The Bertz CT molecular complexity index is 839. The van der Waals surface area contributed by atoms with E-state index >= 15 is 0 Å². The maximum absolute atomic E-state index is 13.1. The molecule has 2 nitrogen and oxygen atoms in total. The van der Waals surface area contributed by atoms with Crippen LogP contribution in [0.4, 0.5) is 32.0 Å². The largest absolute Gasteiger partial charge is 0.416 e. The number of rotatable bonds is 4. The van der Waals surface area contributed by atoms with Crippen molar-refractivity contribution < 1.29 is 31.1 Å². The molecule has 2 aromatic rings. The standard InChI is InChI=1S/C21H21F6NO/c1-11(2)16-6-5-7-17(12(3)4)18(16)28-19(29)13-8-14(20(22,23)24)10-15(9-13)21(25,26)27/h5-12H,1-4H3,(H,28,29). The molecule has 8 heteroatoms. The molecule has 0 radical (unpaired) electrons. The van der Waals surface area contributed by atoms with Crippen LogP contribution in [0.1, 0.15) is 72.1 Å². The summed E-state index contributed by atoms with van der Waals surface area (Å²) >= 11 is 0. The Morgan fingerprint density at radius 3 is 1.55 bits per heavy atom. The Kier molecular flexibility index (Phi) is 6.35. The monoisotopic (exact) mass is 417 g/mol. The fraction of sp³-hybridized carbons (Fsp3) is 0.381. The van der Waals surface area contributed by atoms with Gasteiger partial charge in [-0.05, 0) is 41.2 Å². The minimum Gasteiger partial charge on any atom is -0.321 e. The second-order valence-corrected chi connectivity index (χ2v) is 7.37. The fourth-order valence-corrected chi connectivity index (χ4v) is 2.97. The lowest BCUT2D eigenvalue weighted by Crippen LogP contribution is -2.19. The van der Waals surface area contributed by atoms with Crippen LogP contribution in [0.15, 0.2) is 36.4 Å². The Labute approximate surface area is 164 Å². The molecule has 0 bridgehead atoms. The molecule has 1 amide bonds. The highest BCUT2D eigenvalue weighted by atomic mass is 19.4. The number of benzene rings is 2. The van der Waals surface area contributed by atoms with Gasteiger partial charge in [0.25, 0.3) is 5.91 Å². The van der Waals surface area contributed by atoms with E-state index in [1.165, 1.54) is 0 Å². The number of carbonyl (C=O) groups excluding carboxylic acids is 1. The molecule has 0 aromatic heterocycles. The average molecular weight is 417 g/mol. The Morgan fingerprint density at radius 2 is 1.21 bits per heavy atom. The minimum atomic E-state index is -5.02. The van der Waals surface area contributed by atoms with Crippen LogP contribution in [-0.4, -0.2) is 5.91 Å². The first kappa shape index (κ1) is 22.8. The van der Waals surface area contributed by atoms with Crippen LogP contribution in [-0.2, 0) is 12.4 Å². The van der Waals surface area contributed by atoms with Crippen LogP contribution in [0.2, 0.25) is 0 Å². The number of nitrogens with one attached hydrogen (secondary N) is 1. The molecule has 2 aromatic carbocycles. The number of hydrogen-bond donors (Lipinski definition) is 1. The van der Waals surface area contributed by atoms with Crippen molar-refractivity contribution >= 4 is 11.6 Å². The number of anilines is 1. The highest BCUT2D eigenvalue weighted by molar-refractivity contribution is 6.05. The average Bonchev–Trinajstić information content (AvgIpc) is 2.59. The lowest BCUT2D eigenvalue weighted by atomic mass is 9.92. The summed E-state index contributed by atoms with van der Waals surface area (Å²) in [5.41, 5.74) is -1.87. The molecule has 0 aliphatic carbocycles. The summed E-state index contributed by atoms with van der Waals surface area (Å²) in [6.45, 7) is 7.50. The second kappa shape index (κ2) is 8.08. The molecule has 0 fully saturated rings. The van der Waals surface area contributed by atoms with Gasteiger partial charge in [0.2, 0.25) is 0 Å². The van der Waals surface area contributed by atoms with Gasteiger partial charge in [0.15, 0.2) is 0 Å². The van der Waals surface area contributed by atoms with E-state index in [1.807, 2.05) is 27.7 Å². The molecule has 158 valence electrons. The number of carbonyl (C=O) groups is 1. The second-order valence-electron chi connectivity index (χ2n) is 7.37. The third-order valence-corrected chi connectivity index (χ3v) is 4.46. The highest BCUT2D eigenvalue weighted by Crippen LogP contribution is 2.37. The Hall–Kier alpha value is -2.51. The van der Waals surface area contributed by atoms with Crippen LogP contribution in [0, 0.1) is 0 Å². The van der Waals surface area contributed by atoms with Crippen LogP contribution < -0.4 is 5.32 Å². The lowest BCUT2D eigenvalue weighted by Gasteiger charge is -2.21. The van der Waals surface area contributed by atoms with Crippen LogP contribution in [0.25, 0.3) is 0 Å². The zero-order valence-electron chi connectivity index (χ0n) is 16.3. The van der Waals surface area contributed by atoms with E-state index in [0.29, 0.717) is 17.8 Å². The smallest absolute Gasteiger partial charge is 0.321 e. The van der Waals surface area contributed by atoms with Gasteiger partial charge in [0.05, 0.1) is 11.1 Å². The molecule has 0 unspecified atom stereocenters. The third-order valence-electron chi connectivity index (χ3n) is 4.46. The van der Waals surface area contributed by atoms with Crippen molar-refractivity contribution in [3.63, 3.8) is 0 Å². The molecule has 1 N–H and O–H groups in total. The van der Waals surface area contributed by atoms with Crippen molar-refractivity contribution in [2.45, 2.75) is 51.9 Å². The number of amides is 1. The SMILES string of the molecule is CC(C)c1cccc(C(C)C)c1NC(=O)c1cc(C(F)(F)F)cc(C(F)(F)F)c1. The van der Waals surface area contributed by atoms with Crippen molar-refractivity contribution in [1.29, 1.82) is 0 Å². The zero-order chi connectivity index (χ0) is 22.1. The molecule has 0 aliphatic rings. The summed E-state index contributed by atoms with van der Waals surface area (Å²) in [7, 11) is 0. The van der Waals surface area contributed by atoms with Gasteiger partial charge in [-0.15, -0.1) is 0 Å². The number of para-hydroxylation sites is 1. The maximum Gasteiger partial charge on any atom is 0.416 e. The molecule has 29 heavy (non-hydrogen) atoms. The topological polar surface area (TPSA) is 29.1 Å². The first-order valence-corrected chi connectivity index (χ1v) is 8.95. The predicted molar refractivity (Wildman–Crippen MR) is 99.0 cm³/mol.